The van der Waals surface area contributed by atoms with Crippen LogP contribution in [0.4, 0.5) is 0 Å². The molecule has 0 spiro atoms. The zero-order valence-corrected chi connectivity index (χ0v) is 11.6. The van der Waals surface area contributed by atoms with Crippen LogP contribution in [0.2, 0.25) is 0 Å². The molecule has 0 unspecified atom stereocenters. The maximum absolute atomic E-state index is 11.7. The van der Waals surface area contributed by atoms with E-state index in [9.17, 15) is 9.59 Å². The van der Waals surface area contributed by atoms with Gasteiger partial charge in [0, 0.05) is 32.5 Å². The van der Waals surface area contributed by atoms with E-state index >= 15 is 0 Å². The summed E-state index contributed by atoms with van der Waals surface area (Å²) in [4.78, 5) is 28.9. The quantitative estimate of drug-likeness (QED) is 0.755. The van der Waals surface area contributed by atoms with Crippen LogP contribution in [-0.4, -0.2) is 35.3 Å². The SMILES string of the molecule is CCCCN(C)C(=O)CC(=O)NCc1ccncc1. The number of hydrogen-bond donors (Lipinski definition) is 1. The largest absolute Gasteiger partial charge is 0.352 e. The summed E-state index contributed by atoms with van der Waals surface area (Å²) >= 11 is 0. The number of aromatic nitrogens is 1. The minimum absolute atomic E-state index is 0.0920. The first-order valence-corrected chi connectivity index (χ1v) is 6.53. The van der Waals surface area contributed by atoms with E-state index in [0.717, 1.165) is 18.4 Å². The van der Waals surface area contributed by atoms with Gasteiger partial charge in [-0.25, -0.2) is 0 Å². The number of nitrogens with one attached hydrogen (secondary N) is 1. The van der Waals surface area contributed by atoms with E-state index in [2.05, 4.69) is 17.2 Å². The van der Waals surface area contributed by atoms with Crippen molar-refractivity contribution < 1.29 is 9.59 Å². The Morgan fingerprint density at radius 3 is 2.63 bits per heavy atom. The number of rotatable bonds is 7. The highest BCUT2D eigenvalue weighted by molar-refractivity contribution is 5.96. The fourth-order valence-electron chi connectivity index (χ4n) is 1.56. The van der Waals surface area contributed by atoms with Crippen molar-refractivity contribution in [2.75, 3.05) is 13.6 Å². The first-order chi connectivity index (χ1) is 9.13. The lowest BCUT2D eigenvalue weighted by Gasteiger charge is -2.16. The van der Waals surface area contributed by atoms with Gasteiger partial charge in [0.15, 0.2) is 0 Å². The Bertz CT molecular complexity index is 406. The van der Waals surface area contributed by atoms with Crippen LogP contribution in [0.15, 0.2) is 24.5 Å². The molecule has 0 fully saturated rings. The summed E-state index contributed by atoms with van der Waals surface area (Å²) in [6.07, 6.45) is 5.24. The predicted molar refractivity (Wildman–Crippen MR) is 73.2 cm³/mol. The molecule has 0 saturated carbocycles. The number of carbonyl (C=O) groups is 2. The summed E-state index contributed by atoms with van der Waals surface area (Å²) < 4.78 is 0. The zero-order chi connectivity index (χ0) is 14.1. The van der Waals surface area contributed by atoms with Crippen LogP contribution < -0.4 is 5.32 Å². The second-order valence-electron chi connectivity index (χ2n) is 4.48. The molecule has 5 nitrogen and oxygen atoms in total. The molecule has 1 rings (SSSR count). The molecule has 1 N–H and O–H groups in total. The van der Waals surface area contributed by atoms with Crippen molar-refractivity contribution in [2.24, 2.45) is 0 Å². The summed E-state index contributed by atoms with van der Waals surface area (Å²) in [5, 5.41) is 2.73. The predicted octanol–water partition coefficient (Wildman–Crippen LogP) is 1.35. The van der Waals surface area contributed by atoms with Crippen LogP contribution in [0, 0.1) is 0 Å². The first kappa shape index (κ1) is 15.1. The summed E-state index contributed by atoms with van der Waals surface area (Å²) in [5.41, 5.74) is 0.968. The molecular weight excluding hydrogens is 242 g/mol. The van der Waals surface area contributed by atoms with Crippen molar-refractivity contribution in [3.05, 3.63) is 30.1 Å². The minimum atomic E-state index is -0.245. The normalized spacial score (nSPS) is 10.0. The van der Waals surface area contributed by atoms with Crippen molar-refractivity contribution in [2.45, 2.75) is 32.7 Å². The molecule has 0 bridgehead atoms. The lowest BCUT2D eigenvalue weighted by Crippen LogP contribution is -2.33. The molecule has 5 heteroatoms. The van der Waals surface area contributed by atoms with Gasteiger partial charge in [-0.1, -0.05) is 13.3 Å². The fraction of sp³-hybridized carbons (Fsp3) is 0.500. The van der Waals surface area contributed by atoms with E-state index in [1.807, 2.05) is 12.1 Å². The van der Waals surface area contributed by atoms with Gasteiger partial charge in [0.25, 0.3) is 0 Å². The Morgan fingerprint density at radius 2 is 2.00 bits per heavy atom. The zero-order valence-electron chi connectivity index (χ0n) is 11.6. The molecule has 1 heterocycles. The van der Waals surface area contributed by atoms with E-state index < -0.39 is 0 Å². The molecule has 0 aliphatic rings. The second-order valence-corrected chi connectivity index (χ2v) is 4.48. The van der Waals surface area contributed by atoms with E-state index in [-0.39, 0.29) is 18.2 Å². The summed E-state index contributed by atoms with van der Waals surface area (Å²) in [6, 6.07) is 3.66. The number of nitrogens with zero attached hydrogens (tertiary/aromatic N) is 2. The van der Waals surface area contributed by atoms with Gasteiger partial charge in [0.05, 0.1) is 0 Å². The first-order valence-electron chi connectivity index (χ1n) is 6.53. The highest BCUT2D eigenvalue weighted by atomic mass is 16.2. The summed E-state index contributed by atoms with van der Waals surface area (Å²) in [5.74, 6) is -0.383. The van der Waals surface area contributed by atoms with Crippen molar-refractivity contribution in [3.8, 4) is 0 Å². The molecule has 0 saturated heterocycles. The lowest BCUT2D eigenvalue weighted by molar-refractivity contribution is -0.135. The molecule has 0 radical (unpaired) electrons. The summed E-state index contributed by atoms with van der Waals surface area (Å²) in [6.45, 7) is 3.19. The number of amides is 2. The van der Waals surface area contributed by atoms with Crippen molar-refractivity contribution in [1.82, 2.24) is 15.2 Å². The standard InChI is InChI=1S/C14H21N3O2/c1-3-4-9-17(2)14(19)10-13(18)16-11-12-5-7-15-8-6-12/h5-8H,3-4,9-11H2,1-2H3,(H,16,18). The van der Waals surface area contributed by atoms with Gasteiger partial charge >= 0.3 is 0 Å². The van der Waals surface area contributed by atoms with Gasteiger partial charge < -0.3 is 10.2 Å². The van der Waals surface area contributed by atoms with Gasteiger partial charge in [-0.15, -0.1) is 0 Å². The van der Waals surface area contributed by atoms with Crippen molar-refractivity contribution in [3.63, 3.8) is 0 Å². The fourth-order valence-corrected chi connectivity index (χ4v) is 1.56. The molecule has 0 aliphatic heterocycles. The van der Waals surface area contributed by atoms with E-state index in [1.165, 1.54) is 0 Å². The maximum atomic E-state index is 11.7. The molecule has 1 aromatic rings. The third-order valence-corrected chi connectivity index (χ3v) is 2.82. The Kier molecular flexibility index (Phi) is 6.57. The van der Waals surface area contributed by atoms with Crippen molar-refractivity contribution >= 4 is 11.8 Å². The van der Waals surface area contributed by atoms with Crippen LogP contribution in [0.25, 0.3) is 0 Å². The lowest BCUT2D eigenvalue weighted by atomic mass is 10.2. The van der Waals surface area contributed by atoms with Gasteiger partial charge in [0.2, 0.25) is 11.8 Å². The maximum Gasteiger partial charge on any atom is 0.231 e. The highest BCUT2D eigenvalue weighted by Gasteiger charge is 2.13. The monoisotopic (exact) mass is 263 g/mol. The molecular formula is C14H21N3O2. The van der Waals surface area contributed by atoms with Crippen LogP contribution in [-0.2, 0) is 16.1 Å². The Morgan fingerprint density at radius 1 is 1.32 bits per heavy atom. The third-order valence-electron chi connectivity index (χ3n) is 2.82. The van der Waals surface area contributed by atoms with E-state index in [4.69, 9.17) is 0 Å². The molecule has 0 aliphatic carbocycles. The van der Waals surface area contributed by atoms with Gasteiger partial charge in [-0.2, -0.15) is 0 Å². The Labute approximate surface area is 114 Å². The second kappa shape index (κ2) is 8.24. The molecule has 0 atom stereocenters. The Hall–Kier alpha value is -1.91. The third kappa shape index (κ3) is 5.99. The number of hydrogen-bond acceptors (Lipinski definition) is 3. The molecule has 1 aromatic heterocycles. The van der Waals surface area contributed by atoms with Crippen LogP contribution in [0.3, 0.4) is 0 Å². The molecule has 104 valence electrons. The minimum Gasteiger partial charge on any atom is -0.352 e. The number of pyridine rings is 1. The summed E-state index contributed by atoms with van der Waals surface area (Å²) in [7, 11) is 1.73. The topological polar surface area (TPSA) is 62.3 Å². The van der Waals surface area contributed by atoms with Crippen LogP contribution in [0.5, 0.6) is 0 Å². The molecule has 2 amide bonds. The molecule has 19 heavy (non-hydrogen) atoms. The van der Waals surface area contributed by atoms with Crippen LogP contribution in [0.1, 0.15) is 31.7 Å². The van der Waals surface area contributed by atoms with Gasteiger partial charge in [-0.05, 0) is 24.1 Å². The van der Waals surface area contributed by atoms with Gasteiger partial charge in [-0.3, -0.25) is 14.6 Å². The van der Waals surface area contributed by atoms with Crippen molar-refractivity contribution in [1.29, 1.82) is 0 Å². The van der Waals surface area contributed by atoms with Gasteiger partial charge in [0.1, 0.15) is 6.42 Å². The van der Waals surface area contributed by atoms with E-state index in [1.54, 1.807) is 24.3 Å². The average Bonchev–Trinajstić information content (AvgIpc) is 2.43. The smallest absolute Gasteiger partial charge is 0.231 e. The van der Waals surface area contributed by atoms with Crippen LogP contribution >= 0.6 is 0 Å². The highest BCUT2D eigenvalue weighted by Crippen LogP contribution is 1.98. The number of unbranched alkanes of at least 4 members (excludes halogenated alkanes) is 1. The number of carbonyl (C=O) groups excluding carboxylic acids is 2. The molecule has 0 aromatic carbocycles. The average molecular weight is 263 g/mol. The Balaban J connectivity index is 2.29. The van der Waals surface area contributed by atoms with E-state index in [0.29, 0.717) is 13.1 Å².